The topological polar surface area (TPSA) is 70.3 Å². The van der Waals surface area contributed by atoms with E-state index in [4.69, 9.17) is 14.0 Å². The molecule has 6 nitrogen and oxygen atoms in total. The third-order valence-corrected chi connectivity index (χ3v) is 4.08. The van der Waals surface area contributed by atoms with Gasteiger partial charge in [-0.25, -0.2) is 4.98 Å². The normalized spacial score (nSPS) is 12.5. The van der Waals surface area contributed by atoms with Crippen LogP contribution in [-0.2, 0) is 4.74 Å². The van der Waals surface area contributed by atoms with Gasteiger partial charge in [0.1, 0.15) is 17.0 Å². The van der Waals surface area contributed by atoms with Gasteiger partial charge in [-0.05, 0) is 33.3 Å². The largest absolute Gasteiger partial charge is 0.472 e. The first-order valence-electron chi connectivity index (χ1n) is 8.37. The second-order valence-electron chi connectivity index (χ2n) is 6.31. The van der Waals surface area contributed by atoms with Crippen molar-refractivity contribution < 1.29 is 14.0 Å². The van der Waals surface area contributed by atoms with E-state index in [0.717, 1.165) is 17.5 Å². The zero-order valence-corrected chi connectivity index (χ0v) is 15.3. The molecule has 3 rings (SSSR count). The second kappa shape index (κ2) is 7.19. The minimum Gasteiger partial charge on any atom is -0.472 e. The summed E-state index contributed by atoms with van der Waals surface area (Å²) in [5, 5.41) is 4.25. The van der Waals surface area contributed by atoms with Crippen LogP contribution in [0.3, 0.4) is 0 Å². The number of nitrogens with zero attached hydrogens (tertiary/aromatic N) is 3. The molecule has 0 amide bonds. The highest BCUT2D eigenvalue weighted by Gasteiger charge is 2.20. The fourth-order valence-corrected chi connectivity index (χ4v) is 2.78. The van der Waals surface area contributed by atoms with E-state index in [1.807, 2.05) is 19.9 Å². The minimum absolute atomic E-state index is 0.0490. The maximum atomic E-state index is 5.94. The van der Waals surface area contributed by atoms with Crippen molar-refractivity contribution in [1.29, 1.82) is 0 Å². The molecule has 2 aromatic heterocycles. The zero-order valence-electron chi connectivity index (χ0n) is 15.3. The van der Waals surface area contributed by atoms with Gasteiger partial charge < -0.3 is 14.0 Å². The summed E-state index contributed by atoms with van der Waals surface area (Å²) in [6.45, 7) is 8.56. The molecule has 2 heterocycles. The molecule has 132 valence electrons. The molecule has 0 fully saturated rings. The quantitative estimate of drug-likeness (QED) is 0.674. The number of ether oxygens (including phenoxy) is 2. The van der Waals surface area contributed by atoms with E-state index >= 15 is 0 Å². The van der Waals surface area contributed by atoms with E-state index in [9.17, 15) is 0 Å². The Bertz CT molecular complexity index is 889. The van der Waals surface area contributed by atoms with Gasteiger partial charge in [0.2, 0.25) is 5.58 Å². The maximum Gasteiger partial charge on any atom is 0.265 e. The number of aromatic nitrogens is 3. The molecular formula is C19H23N3O3. The molecule has 0 N–H and O–H groups in total. The third-order valence-electron chi connectivity index (χ3n) is 4.08. The number of fused-ring (bicyclic) bond motifs is 1. The SMILES string of the molecule is COCCC(C)Oc1nc(C)nc2c(-c3ccc(C)cc3C)noc12. The van der Waals surface area contributed by atoms with E-state index < -0.39 is 0 Å². The van der Waals surface area contributed by atoms with Gasteiger partial charge in [-0.3, -0.25) is 0 Å². The lowest BCUT2D eigenvalue weighted by atomic mass is 10.0. The lowest BCUT2D eigenvalue weighted by Crippen LogP contribution is -2.15. The number of hydrogen-bond donors (Lipinski definition) is 0. The summed E-state index contributed by atoms with van der Waals surface area (Å²) >= 11 is 0. The smallest absolute Gasteiger partial charge is 0.265 e. The van der Waals surface area contributed by atoms with Crippen LogP contribution in [0.1, 0.15) is 30.3 Å². The Kier molecular flexibility index (Phi) is 4.99. The van der Waals surface area contributed by atoms with Crippen LogP contribution in [0.5, 0.6) is 5.88 Å². The number of hydrogen-bond acceptors (Lipinski definition) is 6. The Morgan fingerprint density at radius 3 is 2.68 bits per heavy atom. The predicted molar refractivity (Wildman–Crippen MR) is 95.8 cm³/mol. The molecular weight excluding hydrogens is 318 g/mol. The Labute approximate surface area is 147 Å². The van der Waals surface area contributed by atoms with Crippen molar-refractivity contribution in [2.24, 2.45) is 0 Å². The van der Waals surface area contributed by atoms with Gasteiger partial charge in [-0.2, -0.15) is 4.98 Å². The van der Waals surface area contributed by atoms with E-state index in [0.29, 0.717) is 35.1 Å². The van der Waals surface area contributed by atoms with Crippen molar-refractivity contribution in [3.63, 3.8) is 0 Å². The highest BCUT2D eigenvalue weighted by molar-refractivity contribution is 5.91. The van der Waals surface area contributed by atoms with Crippen molar-refractivity contribution in [2.45, 2.75) is 40.2 Å². The van der Waals surface area contributed by atoms with E-state index in [1.165, 1.54) is 5.56 Å². The molecule has 0 aliphatic heterocycles. The molecule has 1 aromatic carbocycles. The molecule has 6 heteroatoms. The number of benzene rings is 1. The van der Waals surface area contributed by atoms with Gasteiger partial charge in [0.05, 0.1) is 6.10 Å². The van der Waals surface area contributed by atoms with Crippen molar-refractivity contribution in [2.75, 3.05) is 13.7 Å². The number of methoxy groups -OCH3 is 1. The van der Waals surface area contributed by atoms with E-state index in [2.05, 4.69) is 41.1 Å². The van der Waals surface area contributed by atoms with Crippen LogP contribution >= 0.6 is 0 Å². The fourth-order valence-electron chi connectivity index (χ4n) is 2.78. The minimum atomic E-state index is -0.0490. The van der Waals surface area contributed by atoms with E-state index in [-0.39, 0.29) is 6.10 Å². The summed E-state index contributed by atoms with van der Waals surface area (Å²) in [5.41, 5.74) is 5.20. The summed E-state index contributed by atoms with van der Waals surface area (Å²) < 4.78 is 16.6. The van der Waals surface area contributed by atoms with Crippen LogP contribution in [0.4, 0.5) is 0 Å². The van der Waals surface area contributed by atoms with Gasteiger partial charge >= 0.3 is 0 Å². The molecule has 0 radical (unpaired) electrons. The maximum absolute atomic E-state index is 5.94. The van der Waals surface area contributed by atoms with Crippen LogP contribution in [0, 0.1) is 20.8 Å². The molecule has 0 aliphatic rings. The van der Waals surface area contributed by atoms with Crippen molar-refractivity contribution >= 4 is 11.1 Å². The van der Waals surface area contributed by atoms with Crippen LogP contribution < -0.4 is 4.74 Å². The third kappa shape index (κ3) is 3.64. The van der Waals surface area contributed by atoms with Crippen molar-refractivity contribution in [3.05, 3.63) is 35.2 Å². The lowest BCUT2D eigenvalue weighted by molar-refractivity contribution is 0.132. The standard InChI is InChI=1S/C19H23N3O3/c1-11-6-7-15(12(2)10-11)16-17-18(25-22-16)19(21-14(4)20-17)24-13(3)8-9-23-5/h6-7,10,13H,8-9H2,1-5H3. The number of rotatable bonds is 6. The highest BCUT2D eigenvalue weighted by atomic mass is 16.5. The molecule has 0 saturated carbocycles. The summed E-state index contributed by atoms with van der Waals surface area (Å²) in [7, 11) is 1.67. The summed E-state index contributed by atoms with van der Waals surface area (Å²) in [4.78, 5) is 8.92. The van der Waals surface area contributed by atoms with Gasteiger partial charge in [0, 0.05) is 25.7 Å². The Morgan fingerprint density at radius 1 is 1.16 bits per heavy atom. The first kappa shape index (κ1) is 17.4. The molecule has 1 atom stereocenters. The summed E-state index contributed by atoms with van der Waals surface area (Å²) in [6, 6.07) is 6.22. The number of aryl methyl sites for hydroxylation is 3. The van der Waals surface area contributed by atoms with Crippen LogP contribution in [0.15, 0.2) is 22.7 Å². The van der Waals surface area contributed by atoms with E-state index in [1.54, 1.807) is 7.11 Å². The van der Waals surface area contributed by atoms with Gasteiger partial charge in [-0.1, -0.05) is 28.9 Å². The van der Waals surface area contributed by atoms with Gasteiger partial charge in [-0.15, -0.1) is 0 Å². The first-order valence-corrected chi connectivity index (χ1v) is 8.37. The molecule has 0 spiro atoms. The zero-order chi connectivity index (χ0) is 18.0. The Hall–Kier alpha value is -2.47. The average molecular weight is 341 g/mol. The Morgan fingerprint density at radius 2 is 1.96 bits per heavy atom. The molecule has 0 bridgehead atoms. The van der Waals surface area contributed by atoms with Crippen LogP contribution in [0.2, 0.25) is 0 Å². The lowest BCUT2D eigenvalue weighted by Gasteiger charge is -2.13. The van der Waals surface area contributed by atoms with Crippen LogP contribution in [0.25, 0.3) is 22.4 Å². The first-order chi connectivity index (χ1) is 12.0. The van der Waals surface area contributed by atoms with Crippen molar-refractivity contribution in [3.8, 4) is 17.1 Å². The molecule has 1 unspecified atom stereocenters. The van der Waals surface area contributed by atoms with Gasteiger partial charge in [0.25, 0.3) is 5.88 Å². The van der Waals surface area contributed by atoms with Gasteiger partial charge in [0.15, 0.2) is 0 Å². The molecule has 0 saturated heterocycles. The molecule has 3 aromatic rings. The average Bonchev–Trinajstić information content (AvgIpc) is 2.96. The molecule has 25 heavy (non-hydrogen) atoms. The van der Waals surface area contributed by atoms with Crippen molar-refractivity contribution in [1.82, 2.24) is 15.1 Å². The predicted octanol–water partition coefficient (Wildman–Crippen LogP) is 4.01. The fraction of sp³-hybridized carbons (Fsp3) is 0.421. The Balaban J connectivity index is 2.03. The summed E-state index contributed by atoms with van der Waals surface area (Å²) in [5.74, 6) is 1.05. The second-order valence-corrected chi connectivity index (χ2v) is 6.31. The highest BCUT2D eigenvalue weighted by Crippen LogP contribution is 2.33. The van der Waals surface area contributed by atoms with Crippen LogP contribution in [-0.4, -0.2) is 34.9 Å². The monoisotopic (exact) mass is 341 g/mol. The molecule has 0 aliphatic carbocycles. The summed E-state index contributed by atoms with van der Waals surface area (Å²) in [6.07, 6.45) is 0.714.